The summed E-state index contributed by atoms with van der Waals surface area (Å²) in [6, 6.07) is 0. The first kappa shape index (κ1) is 35.4. The molecule has 1 atom stereocenters. The van der Waals surface area contributed by atoms with Crippen LogP contribution in [-0.4, -0.2) is 31.9 Å². The minimum absolute atomic E-state index is 0.786. The van der Waals surface area contributed by atoms with E-state index in [2.05, 4.69) is 13.8 Å². The fraction of sp³-hybridized carbons (Fsp3) is 1.00. The van der Waals surface area contributed by atoms with Gasteiger partial charge in [0.25, 0.3) is 0 Å². The summed E-state index contributed by atoms with van der Waals surface area (Å²) in [7, 11) is 6.00. The average Bonchev–Trinajstić information content (AvgIpc) is 2.79. The minimum Gasteiger partial charge on any atom is -0.312 e. The Morgan fingerprint density at radius 2 is 0.636 bits per heavy atom. The van der Waals surface area contributed by atoms with Gasteiger partial charge in [-0.15, -0.1) is 11.6 Å². The molecule has 33 heavy (non-hydrogen) atoms. The molecule has 2 heteroatoms. The van der Waals surface area contributed by atoms with Gasteiger partial charge in [0, 0.05) is 5.88 Å². The number of nitrogens with zero attached hydrogens (tertiary/aromatic N) is 1. The monoisotopic (exact) mass is 487 g/mol. The van der Waals surface area contributed by atoms with Crippen LogP contribution in [0.5, 0.6) is 0 Å². The number of alkyl halides is 1. The van der Waals surface area contributed by atoms with E-state index in [4.69, 9.17) is 11.6 Å². The molecule has 0 rings (SSSR count). The lowest BCUT2D eigenvalue weighted by Crippen LogP contribution is -2.02. The van der Waals surface area contributed by atoms with Crippen molar-refractivity contribution in [1.82, 2.24) is 4.90 Å². The van der Waals surface area contributed by atoms with Gasteiger partial charge in [0.2, 0.25) is 0 Å². The van der Waals surface area contributed by atoms with E-state index in [0.717, 1.165) is 11.8 Å². The van der Waals surface area contributed by atoms with Gasteiger partial charge in [-0.05, 0) is 39.9 Å². The van der Waals surface area contributed by atoms with Crippen molar-refractivity contribution in [2.24, 2.45) is 5.92 Å². The van der Waals surface area contributed by atoms with Crippen LogP contribution in [0.1, 0.15) is 168 Å². The molecule has 0 amide bonds. The highest BCUT2D eigenvalue weighted by molar-refractivity contribution is 6.18. The van der Waals surface area contributed by atoms with E-state index < -0.39 is 0 Å². The van der Waals surface area contributed by atoms with Crippen molar-refractivity contribution in [2.75, 3.05) is 27.0 Å². The van der Waals surface area contributed by atoms with Crippen LogP contribution in [0, 0.1) is 5.92 Å². The molecule has 0 N–H and O–H groups in total. The lowest BCUT2D eigenvalue weighted by molar-refractivity contribution is 0.433. The molecule has 1 nitrogen and oxygen atoms in total. The molecule has 0 aromatic heterocycles. The van der Waals surface area contributed by atoms with Crippen LogP contribution in [0.15, 0.2) is 0 Å². The molecule has 0 saturated carbocycles. The summed E-state index contributed by atoms with van der Waals surface area (Å²) < 4.78 is 0. The molecule has 0 spiro atoms. The van der Waals surface area contributed by atoms with Crippen molar-refractivity contribution in [3.8, 4) is 0 Å². The zero-order chi connectivity index (χ0) is 24.8. The summed E-state index contributed by atoms with van der Waals surface area (Å²) in [6.07, 6.45) is 34.4. The molecule has 202 valence electrons. The molecule has 0 radical (unpaired) electrons. The number of halogens is 1. The Morgan fingerprint density at radius 1 is 0.424 bits per heavy atom. The van der Waals surface area contributed by atoms with E-state index in [0.29, 0.717) is 0 Å². The van der Waals surface area contributed by atoms with Crippen molar-refractivity contribution in [2.45, 2.75) is 168 Å². The quantitative estimate of drug-likeness (QED) is 0.0913. The lowest BCUT2D eigenvalue weighted by Gasteiger charge is -2.13. The van der Waals surface area contributed by atoms with Crippen molar-refractivity contribution < 1.29 is 0 Å². The van der Waals surface area contributed by atoms with Crippen molar-refractivity contribution in [3.05, 3.63) is 0 Å². The molecule has 1 unspecified atom stereocenters. The fourth-order valence-electron chi connectivity index (χ4n) is 4.49. The summed E-state index contributed by atoms with van der Waals surface area (Å²) in [5, 5.41) is 0. The summed E-state index contributed by atoms with van der Waals surface area (Å²) in [4.78, 5) is 2.00. The maximum atomic E-state index is 6.23. The number of rotatable bonds is 25. The smallest absolute Gasteiger partial charge is 0.0251 e. The molecule has 0 saturated heterocycles. The highest BCUT2D eigenvalue weighted by Gasteiger charge is 2.07. The molecular weight excluding hydrogens is 422 g/mol. The Balaban J connectivity index is 0. The van der Waals surface area contributed by atoms with Gasteiger partial charge < -0.3 is 4.90 Å². The Hall–Kier alpha value is 0.250. The molecule has 0 aliphatic carbocycles. The van der Waals surface area contributed by atoms with Crippen LogP contribution in [0.2, 0.25) is 0 Å². The van der Waals surface area contributed by atoms with Gasteiger partial charge in [0.05, 0.1) is 0 Å². The summed E-state index contributed by atoms with van der Waals surface area (Å²) in [5.74, 6) is 1.67. The van der Waals surface area contributed by atoms with Gasteiger partial charge in [-0.3, -0.25) is 0 Å². The first-order valence-electron chi connectivity index (χ1n) is 15.2. The third kappa shape index (κ3) is 37.0. The predicted molar refractivity (Wildman–Crippen MR) is 156 cm³/mol. The molecular formula is C31H66ClN. The first-order valence-corrected chi connectivity index (χ1v) is 15.8. The third-order valence-corrected chi connectivity index (χ3v) is 7.09. The zero-order valence-corrected chi connectivity index (χ0v) is 24.8. The standard InChI is InChI=1S/C28H57Cl.C3H9N/c1-3-5-7-9-11-13-15-16-18-20-22-24-26-28(27-29)25-23-21-19-17-14-12-10-8-6-4-2;1-4(2)3/h28H,3-27H2,1-2H3;1-3H3. The van der Waals surface area contributed by atoms with E-state index in [9.17, 15) is 0 Å². The van der Waals surface area contributed by atoms with Crippen LogP contribution in [0.25, 0.3) is 0 Å². The van der Waals surface area contributed by atoms with E-state index in [1.807, 2.05) is 26.0 Å². The molecule has 0 heterocycles. The van der Waals surface area contributed by atoms with Crippen LogP contribution < -0.4 is 0 Å². The van der Waals surface area contributed by atoms with Crippen molar-refractivity contribution >= 4 is 11.6 Å². The Bertz CT molecular complexity index is 315. The molecule has 0 aliphatic rings. The zero-order valence-electron chi connectivity index (χ0n) is 24.1. The summed E-state index contributed by atoms with van der Waals surface area (Å²) in [6.45, 7) is 4.60. The van der Waals surface area contributed by atoms with Gasteiger partial charge in [0.1, 0.15) is 0 Å². The topological polar surface area (TPSA) is 3.24 Å². The maximum absolute atomic E-state index is 6.23. The average molecular weight is 488 g/mol. The van der Waals surface area contributed by atoms with E-state index in [1.54, 1.807) is 0 Å². The summed E-state index contributed by atoms with van der Waals surface area (Å²) in [5.41, 5.74) is 0. The van der Waals surface area contributed by atoms with E-state index in [-0.39, 0.29) is 0 Å². The largest absolute Gasteiger partial charge is 0.312 e. The Kier molecular flexibility index (Phi) is 34.6. The fourth-order valence-corrected chi connectivity index (χ4v) is 4.80. The second-order valence-corrected chi connectivity index (χ2v) is 11.3. The van der Waals surface area contributed by atoms with Gasteiger partial charge in [-0.2, -0.15) is 0 Å². The second-order valence-electron chi connectivity index (χ2n) is 11.0. The molecule has 0 aromatic rings. The third-order valence-electron chi connectivity index (χ3n) is 6.65. The maximum Gasteiger partial charge on any atom is 0.0251 e. The van der Waals surface area contributed by atoms with Gasteiger partial charge in [-0.25, -0.2) is 0 Å². The second kappa shape index (κ2) is 32.2. The van der Waals surface area contributed by atoms with Crippen LogP contribution in [0.4, 0.5) is 0 Å². The van der Waals surface area contributed by atoms with E-state index >= 15 is 0 Å². The van der Waals surface area contributed by atoms with Crippen LogP contribution >= 0.6 is 11.6 Å². The van der Waals surface area contributed by atoms with Crippen LogP contribution in [-0.2, 0) is 0 Å². The molecule has 0 fully saturated rings. The number of hydrogen-bond donors (Lipinski definition) is 0. The highest BCUT2D eigenvalue weighted by Crippen LogP contribution is 2.21. The first-order chi connectivity index (χ1) is 16.1. The van der Waals surface area contributed by atoms with Gasteiger partial charge in [0.15, 0.2) is 0 Å². The molecule has 0 bridgehead atoms. The number of hydrogen-bond acceptors (Lipinski definition) is 1. The molecule has 0 aromatic carbocycles. The predicted octanol–water partition coefficient (Wildman–Crippen LogP) is 11.4. The van der Waals surface area contributed by atoms with Crippen molar-refractivity contribution in [1.29, 1.82) is 0 Å². The minimum atomic E-state index is 0.786. The van der Waals surface area contributed by atoms with Gasteiger partial charge in [-0.1, -0.05) is 155 Å². The van der Waals surface area contributed by atoms with Crippen LogP contribution in [0.3, 0.4) is 0 Å². The highest BCUT2D eigenvalue weighted by atomic mass is 35.5. The lowest BCUT2D eigenvalue weighted by atomic mass is 9.95. The van der Waals surface area contributed by atoms with E-state index in [1.165, 1.54) is 154 Å². The van der Waals surface area contributed by atoms with Crippen molar-refractivity contribution in [3.63, 3.8) is 0 Å². The Morgan fingerprint density at radius 3 is 0.848 bits per heavy atom. The Labute approximate surface area is 217 Å². The summed E-state index contributed by atoms with van der Waals surface area (Å²) >= 11 is 6.23. The SMILES string of the molecule is CCCCCCCCCCCCCCC(CCl)CCCCCCCCCCCC.CN(C)C. The molecule has 0 aliphatic heterocycles. The number of unbranched alkanes of at least 4 members (excludes halogenated alkanes) is 20. The van der Waals surface area contributed by atoms with Gasteiger partial charge >= 0.3 is 0 Å². The normalized spacial score (nSPS) is 12.1.